The maximum Gasteiger partial charge on any atom is 0.322 e. The van der Waals surface area contributed by atoms with Crippen molar-refractivity contribution in [1.29, 1.82) is 0 Å². The van der Waals surface area contributed by atoms with Gasteiger partial charge in [0.2, 0.25) is 0 Å². The van der Waals surface area contributed by atoms with Crippen molar-refractivity contribution in [3.8, 4) is 0 Å². The van der Waals surface area contributed by atoms with Crippen molar-refractivity contribution in [1.82, 2.24) is 19.5 Å². The molecule has 2 aliphatic heterocycles. The number of halogens is 2. The van der Waals surface area contributed by atoms with Crippen molar-refractivity contribution < 1.29 is 21.4 Å². The van der Waals surface area contributed by atoms with E-state index in [0.29, 0.717) is 18.7 Å². The number of nitrogens with zero attached hydrogens (tertiary/aromatic N) is 5. The molecule has 1 aromatic carbocycles. The number of rotatable bonds is 3. The Morgan fingerprint density at radius 2 is 2.16 bits per heavy atom. The Bertz CT molecular complexity index is 1220. The molecule has 10 heteroatoms. The van der Waals surface area contributed by atoms with Crippen molar-refractivity contribution in [3.05, 3.63) is 53.9 Å². The molecule has 4 heterocycles. The van der Waals surface area contributed by atoms with Crippen molar-refractivity contribution in [2.45, 2.75) is 31.4 Å². The van der Waals surface area contributed by atoms with Gasteiger partial charge in [-0.15, -0.1) is 0 Å². The number of β-amino-alcohol motifs (C(OH)–C–C–N with tert-alkyl or cyclic N) is 1. The number of nitrogens with one attached hydrogen (secondary N) is 1. The number of benzene rings is 1. The van der Waals surface area contributed by atoms with E-state index in [1.54, 1.807) is 12.3 Å². The molecule has 3 aromatic rings. The molecule has 0 spiro atoms. The highest BCUT2D eigenvalue weighted by Gasteiger charge is 2.30. The van der Waals surface area contributed by atoms with Crippen molar-refractivity contribution in [3.63, 3.8) is 0 Å². The zero-order chi connectivity index (χ0) is 23.3. The Labute approximate surface area is 179 Å². The average molecular weight is 430 g/mol. The van der Waals surface area contributed by atoms with Crippen LogP contribution in [0.4, 0.5) is 25.1 Å². The molecule has 2 saturated heterocycles. The molecule has 2 atom stereocenters. The number of aliphatic hydroxyl groups excluding tert-OH is 1. The van der Waals surface area contributed by atoms with Crippen LogP contribution in [0.25, 0.3) is 5.65 Å². The van der Waals surface area contributed by atoms with E-state index in [1.165, 1.54) is 20.5 Å². The molecule has 0 aliphatic carbocycles. The quantitative estimate of drug-likeness (QED) is 0.667. The first-order valence-electron chi connectivity index (χ1n) is 11.1. The fourth-order valence-electron chi connectivity index (χ4n) is 4.07. The van der Waals surface area contributed by atoms with Crippen LogP contribution >= 0.6 is 0 Å². The van der Waals surface area contributed by atoms with Crippen LogP contribution in [0.2, 0.25) is 0 Å². The first kappa shape index (κ1) is 17.4. The van der Waals surface area contributed by atoms with Crippen LogP contribution in [0, 0.1) is 11.6 Å². The van der Waals surface area contributed by atoms with Gasteiger partial charge in [0.05, 0.1) is 18.3 Å². The SMILES string of the molecule is [2H]C1([2H])CC[C@H](c2cc(F)ccc2F)N1c1ccn2ncc(NC(=O)N3CC[C@H](O)C3)c2n1. The van der Waals surface area contributed by atoms with Crippen LogP contribution in [0.5, 0.6) is 0 Å². The minimum absolute atomic E-state index is 0.0627. The monoisotopic (exact) mass is 430 g/mol. The van der Waals surface area contributed by atoms with E-state index in [4.69, 9.17) is 2.74 Å². The summed E-state index contributed by atoms with van der Waals surface area (Å²) in [5, 5.41) is 16.6. The molecule has 8 nitrogen and oxygen atoms in total. The first-order chi connectivity index (χ1) is 15.7. The van der Waals surface area contributed by atoms with Gasteiger partial charge in [-0.05, 0) is 43.5 Å². The molecule has 2 amide bonds. The molecule has 0 saturated carbocycles. The number of carbonyl (C=O) groups is 1. The number of anilines is 2. The Hall–Kier alpha value is -3.27. The van der Waals surface area contributed by atoms with Gasteiger partial charge >= 0.3 is 6.03 Å². The number of hydrogen-bond donors (Lipinski definition) is 2. The van der Waals surface area contributed by atoms with E-state index in [-0.39, 0.29) is 36.4 Å². The lowest BCUT2D eigenvalue weighted by atomic mass is 10.0. The van der Waals surface area contributed by atoms with E-state index in [9.17, 15) is 18.7 Å². The number of hydrogen-bond acceptors (Lipinski definition) is 5. The van der Waals surface area contributed by atoms with Gasteiger partial charge in [-0.3, -0.25) is 0 Å². The predicted octanol–water partition coefficient (Wildman–Crippen LogP) is 2.95. The highest BCUT2D eigenvalue weighted by atomic mass is 19.1. The van der Waals surface area contributed by atoms with Crippen molar-refractivity contribution >= 4 is 23.2 Å². The molecule has 5 rings (SSSR count). The Morgan fingerprint density at radius 3 is 2.97 bits per heavy atom. The fourth-order valence-corrected chi connectivity index (χ4v) is 4.07. The number of urea groups is 1. The largest absolute Gasteiger partial charge is 0.391 e. The van der Waals surface area contributed by atoms with Gasteiger partial charge < -0.3 is 20.2 Å². The molecule has 2 N–H and O–H groups in total. The maximum atomic E-state index is 14.5. The second kappa shape index (κ2) is 7.77. The minimum atomic E-state index is -1.84. The minimum Gasteiger partial charge on any atom is -0.391 e. The van der Waals surface area contributed by atoms with Gasteiger partial charge in [-0.25, -0.2) is 23.1 Å². The fraction of sp³-hybridized carbons (Fsp3) is 0.381. The summed E-state index contributed by atoms with van der Waals surface area (Å²) in [5.74, 6) is -1.00. The van der Waals surface area contributed by atoms with Crippen molar-refractivity contribution in [2.75, 3.05) is 29.8 Å². The van der Waals surface area contributed by atoms with Crippen LogP contribution in [-0.2, 0) is 0 Å². The van der Waals surface area contributed by atoms with Crippen LogP contribution in [0.3, 0.4) is 0 Å². The second-order valence-corrected chi connectivity index (χ2v) is 7.68. The zero-order valence-electron chi connectivity index (χ0n) is 18.5. The Morgan fingerprint density at radius 1 is 1.29 bits per heavy atom. The summed E-state index contributed by atoms with van der Waals surface area (Å²) in [5.41, 5.74) is 0.658. The number of fused-ring (bicyclic) bond motifs is 1. The van der Waals surface area contributed by atoms with Crippen LogP contribution in [-0.4, -0.2) is 56.3 Å². The molecule has 0 unspecified atom stereocenters. The van der Waals surface area contributed by atoms with Gasteiger partial charge in [0.15, 0.2) is 5.65 Å². The van der Waals surface area contributed by atoms with Crippen molar-refractivity contribution in [2.24, 2.45) is 0 Å². The normalized spacial score (nSPS) is 23.8. The zero-order valence-corrected chi connectivity index (χ0v) is 16.5. The lowest BCUT2D eigenvalue weighted by Crippen LogP contribution is -2.33. The molecule has 2 aliphatic rings. The molecule has 31 heavy (non-hydrogen) atoms. The van der Waals surface area contributed by atoms with Crippen LogP contribution in [0.1, 0.15) is 33.6 Å². The molecule has 0 bridgehead atoms. The number of likely N-dealkylation sites (tertiary alicyclic amines) is 1. The topological polar surface area (TPSA) is 86.0 Å². The van der Waals surface area contributed by atoms with E-state index in [0.717, 1.165) is 18.2 Å². The molecule has 0 radical (unpaired) electrons. The molecule has 2 fully saturated rings. The maximum absolute atomic E-state index is 14.5. The third-order valence-electron chi connectivity index (χ3n) is 5.62. The van der Waals surface area contributed by atoms with E-state index < -0.39 is 36.3 Å². The first-order valence-corrected chi connectivity index (χ1v) is 10.1. The van der Waals surface area contributed by atoms with Gasteiger partial charge in [0, 0.05) is 34.1 Å². The highest BCUT2D eigenvalue weighted by Crippen LogP contribution is 2.37. The summed E-state index contributed by atoms with van der Waals surface area (Å²) in [7, 11) is 0. The summed E-state index contributed by atoms with van der Waals surface area (Å²) in [6.07, 6.45) is 3.34. The molecule has 162 valence electrons. The smallest absolute Gasteiger partial charge is 0.322 e. The summed E-state index contributed by atoms with van der Waals surface area (Å²) in [6.45, 7) is -1.18. The van der Waals surface area contributed by atoms with Gasteiger partial charge in [0.25, 0.3) is 0 Å². The second-order valence-electron chi connectivity index (χ2n) is 7.68. The van der Waals surface area contributed by atoms with Crippen LogP contribution in [0.15, 0.2) is 36.7 Å². The average Bonchev–Trinajstić information content (AvgIpc) is 3.46. The predicted molar refractivity (Wildman–Crippen MR) is 110 cm³/mol. The third-order valence-corrected chi connectivity index (χ3v) is 5.62. The van der Waals surface area contributed by atoms with Gasteiger partial charge in [-0.2, -0.15) is 5.10 Å². The lowest BCUT2D eigenvalue weighted by molar-refractivity contribution is 0.176. The standard InChI is InChI=1S/C21H22F2N6O2/c22-13-3-4-16(23)15(10-13)18-2-1-7-28(18)19-6-9-29-20(26-19)17(11-24-29)25-21(31)27-8-5-14(30)12-27/h3-4,6,9-11,14,18,30H,1-2,5,7-8,12H2,(H,25,31)/t14-,18+/m0/s1/i7D2. The van der Waals surface area contributed by atoms with Crippen LogP contribution < -0.4 is 10.2 Å². The van der Waals surface area contributed by atoms with Gasteiger partial charge in [0.1, 0.15) is 23.1 Å². The van der Waals surface area contributed by atoms with E-state index in [1.807, 2.05) is 0 Å². The summed E-state index contributed by atoms with van der Waals surface area (Å²) in [6, 6.07) is 3.55. The van der Waals surface area contributed by atoms with Gasteiger partial charge in [-0.1, -0.05) is 0 Å². The Kier molecular flexibility index (Phi) is 4.36. The van der Waals surface area contributed by atoms with E-state index >= 15 is 0 Å². The number of amides is 2. The molecular weight excluding hydrogens is 406 g/mol. The third kappa shape index (κ3) is 3.67. The summed E-state index contributed by atoms with van der Waals surface area (Å²) >= 11 is 0. The summed E-state index contributed by atoms with van der Waals surface area (Å²) < 4.78 is 46.7. The Balaban J connectivity index is 1.50. The molecular formula is C21H22F2N6O2. The highest BCUT2D eigenvalue weighted by molar-refractivity contribution is 5.93. The number of aromatic nitrogens is 3. The summed E-state index contributed by atoms with van der Waals surface area (Å²) in [4.78, 5) is 19.9. The lowest BCUT2D eigenvalue weighted by Gasteiger charge is -2.26. The molecule has 2 aromatic heterocycles. The number of aliphatic hydroxyl groups is 1. The number of carbonyl (C=O) groups excluding carboxylic acids is 1. The van der Waals surface area contributed by atoms with E-state index in [2.05, 4.69) is 15.4 Å².